The van der Waals surface area contributed by atoms with Gasteiger partial charge in [0.15, 0.2) is 0 Å². The normalized spacial score (nSPS) is 32.1. The second-order valence-corrected chi connectivity index (χ2v) is 5.76. The predicted molar refractivity (Wildman–Crippen MR) is 71.8 cm³/mol. The quantitative estimate of drug-likeness (QED) is 0.808. The molecule has 108 valence electrons. The van der Waals surface area contributed by atoms with E-state index in [4.69, 9.17) is 0 Å². The molecule has 0 aliphatic carbocycles. The van der Waals surface area contributed by atoms with E-state index in [9.17, 15) is 14.7 Å². The fraction of sp³-hybridized carbons (Fsp3) is 0.857. The number of likely N-dealkylation sites (tertiary alicyclic amines) is 1. The number of carbonyl (C=O) groups excluding carboxylic acids is 1. The Morgan fingerprint density at radius 2 is 2.16 bits per heavy atom. The van der Waals surface area contributed by atoms with Crippen molar-refractivity contribution >= 4 is 11.9 Å². The lowest BCUT2D eigenvalue weighted by Gasteiger charge is -2.43. The second-order valence-electron chi connectivity index (χ2n) is 5.76. The van der Waals surface area contributed by atoms with E-state index in [0.29, 0.717) is 19.5 Å². The number of nitrogens with one attached hydrogen (secondary N) is 1. The van der Waals surface area contributed by atoms with Gasteiger partial charge in [0.25, 0.3) is 0 Å². The molecule has 0 aromatic heterocycles. The van der Waals surface area contributed by atoms with E-state index < -0.39 is 12.0 Å². The van der Waals surface area contributed by atoms with Crippen LogP contribution < -0.4 is 5.32 Å². The Morgan fingerprint density at radius 3 is 2.74 bits per heavy atom. The molecule has 2 fully saturated rings. The molecule has 2 aliphatic heterocycles. The Bertz CT molecular complexity index is 351. The summed E-state index contributed by atoms with van der Waals surface area (Å²) in [7, 11) is 0. The standard InChI is InChI=1S/C14H24N2O3/c1-2-14(7-5-8-15-10-14)13(19)16-9-4-3-6-11(16)12(17)18/h11,15H,2-10H2,1H3,(H,17,18)/t11-,14?/m0/s1. The van der Waals surface area contributed by atoms with E-state index in [1.807, 2.05) is 6.92 Å². The Balaban J connectivity index is 2.17. The summed E-state index contributed by atoms with van der Waals surface area (Å²) in [6.07, 6.45) is 5.06. The van der Waals surface area contributed by atoms with Crippen molar-refractivity contribution in [2.75, 3.05) is 19.6 Å². The number of piperidine rings is 2. The van der Waals surface area contributed by atoms with Crippen molar-refractivity contribution in [3.8, 4) is 0 Å². The number of carboxylic acids is 1. The molecule has 0 aromatic rings. The number of hydrogen-bond donors (Lipinski definition) is 2. The molecule has 2 rings (SSSR count). The van der Waals surface area contributed by atoms with Crippen molar-refractivity contribution in [2.24, 2.45) is 5.41 Å². The van der Waals surface area contributed by atoms with Gasteiger partial charge in [0.1, 0.15) is 6.04 Å². The van der Waals surface area contributed by atoms with Crippen molar-refractivity contribution in [1.82, 2.24) is 10.2 Å². The van der Waals surface area contributed by atoms with E-state index in [0.717, 1.165) is 38.6 Å². The molecule has 0 aromatic carbocycles. The molecule has 2 aliphatic rings. The molecular weight excluding hydrogens is 244 g/mol. The minimum absolute atomic E-state index is 0.0503. The first-order valence-electron chi connectivity index (χ1n) is 7.35. The van der Waals surface area contributed by atoms with E-state index in [1.165, 1.54) is 0 Å². The number of amides is 1. The van der Waals surface area contributed by atoms with E-state index in [1.54, 1.807) is 4.90 Å². The summed E-state index contributed by atoms with van der Waals surface area (Å²) in [6.45, 7) is 4.27. The number of aliphatic carboxylic acids is 1. The van der Waals surface area contributed by atoms with Gasteiger partial charge in [-0.25, -0.2) is 4.79 Å². The van der Waals surface area contributed by atoms with Gasteiger partial charge in [0, 0.05) is 13.1 Å². The Kier molecular flexibility index (Phi) is 4.45. The lowest BCUT2D eigenvalue weighted by atomic mass is 9.76. The van der Waals surface area contributed by atoms with Gasteiger partial charge in [0.05, 0.1) is 5.41 Å². The highest BCUT2D eigenvalue weighted by molar-refractivity contribution is 5.88. The average Bonchev–Trinajstić information content (AvgIpc) is 2.47. The third-order valence-corrected chi connectivity index (χ3v) is 4.65. The predicted octanol–water partition coefficient (Wildman–Crippen LogP) is 1.23. The van der Waals surface area contributed by atoms with Gasteiger partial charge in [-0.2, -0.15) is 0 Å². The Hall–Kier alpha value is -1.10. The van der Waals surface area contributed by atoms with E-state index >= 15 is 0 Å². The van der Waals surface area contributed by atoms with Crippen LogP contribution in [0.1, 0.15) is 45.4 Å². The zero-order valence-corrected chi connectivity index (χ0v) is 11.7. The van der Waals surface area contributed by atoms with Crippen molar-refractivity contribution < 1.29 is 14.7 Å². The highest BCUT2D eigenvalue weighted by Gasteiger charge is 2.44. The van der Waals surface area contributed by atoms with E-state index in [-0.39, 0.29) is 11.3 Å². The maximum Gasteiger partial charge on any atom is 0.326 e. The lowest BCUT2D eigenvalue weighted by molar-refractivity contribution is -0.158. The lowest BCUT2D eigenvalue weighted by Crippen LogP contribution is -2.57. The van der Waals surface area contributed by atoms with Crippen LogP contribution in [0.15, 0.2) is 0 Å². The van der Waals surface area contributed by atoms with Crippen molar-refractivity contribution in [3.05, 3.63) is 0 Å². The van der Waals surface area contributed by atoms with Crippen LogP contribution >= 0.6 is 0 Å². The van der Waals surface area contributed by atoms with Crippen LogP contribution in [0.3, 0.4) is 0 Å². The molecule has 2 atom stereocenters. The van der Waals surface area contributed by atoms with Crippen LogP contribution in [0, 0.1) is 5.41 Å². The Labute approximate surface area is 114 Å². The molecule has 2 heterocycles. The number of nitrogens with zero attached hydrogens (tertiary/aromatic N) is 1. The van der Waals surface area contributed by atoms with Crippen LogP contribution in [0.4, 0.5) is 0 Å². The molecule has 0 spiro atoms. The maximum absolute atomic E-state index is 12.8. The zero-order chi connectivity index (χ0) is 13.9. The number of hydrogen-bond acceptors (Lipinski definition) is 3. The molecule has 0 radical (unpaired) electrons. The number of carbonyl (C=O) groups is 2. The molecule has 0 bridgehead atoms. The molecule has 5 heteroatoms. The monoisotopic (exact) mass is 268 g/mol. The first-order valence-corrected chi connectivity index (χ1v) is 7.35. The summed E-state index contributed by atoms with van der Waals surface area (Å²) in [5, 5.41) is 12.6. The molecule has 2 N–H and O–H groups in total. The van der Waals surface area contributed by atoms with Crippen molar-refractivity contribution in [1.29, 1.82) is 0 Å². The first kappa shape index (κ1) is 14.3. The van der Waals surface area contributed by atoms with Gasteiger partial charge in [-0.3, -0.25) is 4.79 Å². The highest BCUT2D eigenvalue weighted by Crippen LogP contribution is 2.34. The van der Waals surface area contributed by atoms with Gasteiger partial charge in [-0.05, 0) is 45.1 Å². The summed E-state index contributed by atoms with van der Waals surface area (Å²) >= 11 is 0. The van der Waals surface area contributed by atoms with Gasteiger partial charge in [0.2, 0.25) is 5.91 Å². The van der Waals surface area contributed by atoms with Gasteiger partial charge in [-0.15, -0.1) is 0 Å². The second kappa shape index (κ2) is 5.90. The average molecular weight is 268 g/mol. The number of rotatable bonds is 3. The maximum atomic E-state index is 12.8. The topological polar surface area (TPSA) is 69.6 Å². The fourth-order valence-corrected chi connectivity index (χ4v) is 3.34. The molecule has 1 unspecified atom stereocenters. The zero-order valence-electron chi connectivity index (χ0n) is 11.7. The summed E-state index contributed by atoms with van der Waals surface area (Å²) in [5.41, 5.74) is -0.386. The third-order valence-electron chi connectivity index (χ3n) is 4.65. The molecule has 2 saturated heterocycles. The van der Waals surface area contributed by atoms with Crippen molar-refractivity contribution in [2.45, 2.75) is 51.5 Å². The van der Waals surface area contributed by atoms with Crippen LogP contribution in [0.2, 0.25) is 0 Å². The fourth-order valence-electron chi connectivity index (χ4n) is 3.34. The molecule has 0 saturated carbocycles. The van der Waals surface area contributed by atoms with Crippen LogP contribution in [0.5, 0.6) is 0 Å². The molecule has 5 nitrogen and oxygen atoms in total. The molecular formula is C14H24N2O3. The van der Waals surface area contributed by atoms with Crippen LogP contribution in [-0.4, -0.2) is 47.6 Å². The third kappa shape index (κ3) is 2.76. The van der Waals surface area contributed by atoms with Gasteiger partial charge < -0.3 is 15.3 Å². The van der Waals surface area contributed by atoms with Crippen LogP contribution in [0.25, 0.3) is 0 Å². The first-order chi connectivity index (χ1) is 9.10. The largest absolute Gasteiger partial charge is 0.480 e. The summed E-state index contributed by atoms with van der Waals surface area (Å²) < 4.78 is 0. The summed E-state index contributed by atoms with van der Waals surface area (Å²) in [6, 6.07) is -0.619. The molecule has 19 heavy (non-hydrogen) atoms. The minimum atomic E-state index is -0.858. The Morgan fingerprint density at radius 1 is 1.37 bits per heavy atom. The highest BCUT2D eigenvalue weighted by atomic mass is 16.4. The number of carboxylic acid groups (broad SMARTS) is 1. The van der Waals surface area contributed by atoms with Crippen molar-refractivity contribution in [3.63, 3.8) is 0 Å². The smallest absolute Gasteiger partial charge is 0.326 e. The van der Waals surface area contributed by atoms with Crippen LogP contribution in [-0.2, 0) is 9.59 Å². The summed E-state index contributed by atoms with van der Waals surface area (Å²) in [5.74, 6) is -0.808. The minimum Gasteiger partial charge on any atom is -0.480 e. The molecule has 1 amide bonds. The van der Waals surface area contributed by atoms with E-state index in [2.05, 4.69) is 5.32 Å². The summed E-state index contributed by atoms with van der Waals surface area (Å²) in [4.78, 5) is 25.8. The van der Waals surface area contributed by atoms with Gasteiger partial charge in [-0.1, -0.05) is 6.92 Å². The SMILES string of the molecule is CCC1(C(=O)N2CCCC[C@H]2C(=O)O)CCCNC1. The van der Waals surface area contributed by atoms with Gasteiger partial charge >= 0.3 is 5.97 Å².